The van der Waals surface area contributed by atoms with Gasteiger partial charge in [0.25, 0.3) is 5.91 Å². The average Bonchev–Trinajstić information content (AvgIpc) is 3.00. The van der Waals surface area contributed by atoms with Gasteiger partial charge in [-0.25, -0.2) is 4.39 Å². The van der Waals surface area contributed by atoms with Gasteiger partial charge in [0, 0.05) is 0 Å². The normalized spacial score (nSPS) is 10.2. The SMILES string of the molecule is Cc1ccc(F)c(OCC(=O)NCC(=O)c2ccco2)c1. The molecule has 2 rings (SSSR count). The summed E-state index contributed by atoms with van der Waals surface area (Å²) in [6, 6.07) is 7.45. The number of furan rings is 1. The molecule has 0 bridgehead atoms. The van der Waals surface area contributed by atoms with Gasteiger partial charge in [0.15, 0.2) is 23.9 Å². The Morgan fingerprint density at radius 1 is 1.33 bits per heavy atom. The Labute approximate surface area is 120 Å². The van der Waals surface area contributed by atoms with Gasteiger partial charge in [0.05, 0.1) is 12.8 Å². The molecular formula is C15H14FNO4. The number of halogens is 1. The minimum Gasteiger partial charge on any atom is -0.481 e. The topological polar surface area (TPSA) is 68.5 Å². The molecule has 0 radical (unpaired) electrons. The fraction of sp³-hybridized carbons (Fsp3) is 0.200. The van der Waals surface area contributed by atoms with E-state index in [9.17, 15) is 14.0 Å². The first-order valence-corrected chi connectivity index (χ1v) is 6.28. The molecule has 1 aromatic carbocycles. The lowest BCUT2D eigenvalue weighted by Gasteiger charge is -2.08. The number of hydrogen-bond acceptors (Lipinski definition) is 4. The first-order valence-electron chi connectivity index (χ1n) is 6.28. The number of carbonyl (C=O) groups is 2. The summed E-state index contributed by atoms with van der Waals surface area (Å²) in [5.41, 5.74) is 0.819. The van der Waals surface area contributed by atoms with Gasteiger partial charge < -0.3 is 14.5 Å². The highest BCUT2D eigenvalue weighted by Gasteiger charge is 2.11. The van der Waals surface area contributed by atoms with Crippen LogP contribution in [0.25, 0.3) is 0 Å². The molecule has 0 saturated heterocycles. The smallest absolute Gasteiger partial charge is 0.258 e. The Hall–Kier alpha value is -2.63. The van der Waals surface area contributed by atoms with Crippen LogP contribution in [0.5, 0.6) is 5.75 Å². The van der Waals surface area contributed by atoms with Crippen molar-refractivity contribution < 1.29 is 23.1 Å². The van der Waals surface area contributed by atoms with E-state index in [0.717, 1.165) is 5.56 Å². The third kappa shape index (κ3) is 4.17. The van der Waals surface area contributed by atoms with Crippen molar-refractivity contribution in [3.63, 3.8) is 0 Å². The van der Waals surface area contributed by atoms with Gasteiger partial charge >= 0.3 is 0 Å². The summed E-state index contributed by atoms with van der Waals surface area (Å²) in [6.07, 6.45) is 1.37. The molecule has 0 aliphatic rings. The fourth-order valence-electron chi connectivity index (χ4n) is 1.62. The first kappa shape index (κ1) is 14.8. The zero-order chi connectivity index (χ0) is 15.2. The maximum Gasteiger partial charge on any atom is 0.258 e. The summed E-state index contributed by atoms with van der Waals surface area (Å²) in [5.74, 6) is -1.24. The summed E-state index contributed by atoms with van der Waals surface area (Å²) in [5, 5.41) is 2.38. The van der Waals surface area contributed by atoms with Crippen LogP contribution in [0.4, 0.5) is 4.39 Å². The van der Waals surface area contributed by atoms with Crippen LogP contribution in [0.15, 0.2) is 41.0 Å². The van der Waals surface area contributed by atoms with Crippen LogP contribution in [0.2, 0.25) is 0 Å². The third-order valence-electron chi connectivity index (χ3n) is 2.69. The van der Waals surface area contributed by atoms with Gasteiger partial charge in [-0.2, -0.15) is 0 Å². The Kier molecular flexibility index (Phi) is 4.71. The number of ether oxygens (including phenoxy) is 1. The minimum atomic E-state index is -0.542. The van der Waals surface area contributed by atoms with Crippen LogP contribution in [-0.2, 0) is 4.79 Å². The molecule has 1 aromatic heterocycles. The second-order valence-electron chi connectivity index (χ2n) is 4.40. The van der Waals surface area contributed by atoms with Crippen LogP contribution in [0, 0.1) is 12.7 Å². The molecule has 21 heavy (non-hydrogen) atoms. The van der Waals surface area contributed by atoms with Gasteiger partial charge in [-0.15, -0.1) is 0 Å². The monoisotopic (exact) mass is 291 g/mol. The highest BCUT2D eigenvalue weighted by atomic mass is 19.1. The number of nitrogens with one attached hydrogen (secondary N) is 1. The second-order valence-corrected chi connectivity index (χ2v) is 4.40. The van der Waals surface area contributed by atoms with Crippen LogP contribution in [-0.4, -0.2) is 24.8 Å². The predicted octanol–water partition coefficient (Wildman–Crippen LogP) is 2.11. The van der Waals surface area contributed by atoms with E-state index >= 15 is 0 Å². The Bertz CT molecular complexity index is 637. The molecule has 0 aliphatic carbocycles. The molecular weight excluding hydrogens is 277 g/mol. The second kappa shape index (κ2) is 6.69. The van der Waals surface area contributed by atoms with Crippen molar-refractivity contribution in [3.8, 4) is 5.75 Å². The molecule has 110 valence electrons. The van der Waals surface area contributed by atoms with Gasteiger partial charge in [0.1, 0.15) is 0 Å². The van der Waals surface area contributed by atoms with Crippen molar-refractivity contribution in [3.05, 3.63) is 53.7 Å². The molecule has 1 amide bonds. The van der Waals surface area contributed by atoms with E-state index in [4.69, 9.17) is 9.15 Å². The lowest BCUT2D eigenvalue weighted by molar-refractivity contribution is -0.122. The predicted molar refractivity (Wildman–Crippen MR) is 72.7 cm³/mol. The van der Waals surface area contributed by atoms with Crippen LogP contribution in [0.3, 0.4) is 0 Å². The Balaban J connectivity index is 1.80. The molecule has 2 aromatic rings. The lowest BCUT2D eigenvalue weighted by Crippen LogP contribution is -2.33. The number of rotatable bonds is 6. The van der Waals surface area contributed by atoms with Crippen molar-refractivity contribution in [1.82, 2.24) is 5.32 Å². The maximum atomic E-state index is 13.4. The fourth-order valence-corrected chi connectivity index (χ4v) is 1.62. The van der Waals surface area contributed by atoms with Gasteiger partial charge in [-0.1, -0.05) is 6.07 Å². The van der Waals surface area contributed by atoms with Crippen molar-refractivity contribution in [1.29, 1.82) is 0 Å². The third-order valence-corrected chi connectivity index (χ3v) is 2.69. The molecule has 0 saturated carbocycles. The Morgan fingerprint density at radius 3 is 2.86 bits per heavy atom. The van der Waals surface area contributed by atoms with E-state index in [0.29, 0.717) is 0 Å². The lowest BCUT2D eigenvalue weighted by atomic mass is 10.2. The molecule has 0 fully saturated rings. The average molecular weight is 291 g/mol. The number of aryl methyl sites for hydroxylation is 1. The standard InChI is InChI=1S/C15H14FNO4/c1-10-4-5-11(16)14(7-10)21-9-15(19)17-8-12(18)13-3-2-6-20-13/h2-7H,8-9H2,1H3,(H,17,19). The molecule has 5 nitrogen and oxygen atoms in total. The number of carbonyl (C=O) groups excluding carboxylic acids is 2. The highest BCUT2D eigenvalue weighted by molar-refractivity contribution is 5.97. The van der Waals surface area contributed by atoms with E-state index in [1.54, 1.807) is 19.1 Å². The van der Waals surface area contributed by atoms with Crippen LogP contribution in [0.1, 0.15) is 16.1 Å². The number of amides is 1. The zero-order valence-electron chi connectivity index (χ0n) is 11.4. The maximum absolute atomic E-state index is 13.4. The summed E-state index contributed by atoms with van der Waals surface area (Å²) in [4.78, 5) is 23.1. The minimum absolute atomic E-state index is 0.00233. The largest absolute Gasteiger partial charge is 0.481 e. The Morgan fingerprint density at radius 2 is 2.14 bits per heavy atom. The summed E-state index contributed by atoms with van der Waals surface area (Å²) >= 11 is 0. The van der Waals surface area contributed by atoms with E-state index in [1.165, 1.54) is 24.5 Å². The number of Topliss-reactive ketones (excluding diaryl/α,β-unsaturated/α-hetero) is 1. The quantitative estimate of drug-likeness (QED) is 0.828. The van der Waals surface area contributed by atoms with E-state index in [2.05, 4.69) is 5.32 Å². The molecule has 0 aliphatic heterocycles. The number of hydrogen-bond donors (Lipinski definition) is 1. The van der Waals surface area contributed by atoms with Crippen molar-refractivity contribution in [2.45, 2.75) is 6.92 Å². The molecule has 1 heterocycles. The van der Waals surface area contributed by atoms with Crippen LogP contribution >= 0.6 is 0 Å². The van der Waals surface area contributed by atoms with Crippen molar-refractivity contribution in [2.24, 2.45) is 0 Å². The van der Waals surface area contributed by atoms with Crippen LogP contribution < -0.4 is 10.1 Å². The van der Waals surface area contributed by atoms with Gasteiger partial charge in [-0.05, 0) is 36.8 Å². The van der Waals surface area contributed by atoms with E-state index in [-0.39, 0.29) is 30.4 Å². The number of ketones is 1. The van der Waals surface area contributed by atoms with E-state index in [1.807, 2.05) is 0 Å². The summed E-state index contributed by atoms with van der Waals surface area (Å²) in [6.45, 7) is 1.21. The van der Waals surface area contributed by atoms with Crippen molar-refractivity contribution >= 4 is 11.7 Å². The molecule has 0 spiro atoms. The van der Waals surface area contributed by atoms with Crippen molar-refractivity contribution in [2.75, 3.05) is 13.2 Å². The molecule has 0 unspecified atom stereocenters. The molecule has 1 N–H and O–H groups in total. The molecule has 0 atom stereocenters. The summed E-state index contributed by atoms with van der Waals surface area (Å²) < 4.78 is 23.4. The van der Waals surface area contributed by atoms with Gasteiger partial charge in [-0.3, -0.25) is 9.59 Å². The zero-order valence-corrected chi connectivity index (χ0v) is 11.4. The van der Waals surface area contributed by atoms with Gasteiger partial charge in [0.2, 0.25) is 5.78 Å². The molecule has 6 heteroatoms. The summed E-state index contributed by atoms with van der Waals surface area (Å²) in [7, 11) is 0. The number of benzene rings is 1. The first-order chi connectivity index (χ1) is 10.1. The highest BCUT2D eigenvalue weighted by Crippen LogP contribution is 2.17. The van der Waals surface area contributed by atoms with E-state index < -0.39 is 11.7 Å².